The predicted octanol–water partition coefficient (Wildman–Crippen LogP) is 3.40. The zero-order valence-corrected chi connectivity index (χ0v) is 17.1. The van der Waals surface area contributed by atoms with E-state index in [0.717, 1.165) is 38.5 Å². The fourth-order valence-electron chi connectivity index (χ4n) is 7.97. The summed E-state index contributed by atoms with van der Waals surface area (Å²) in [6.07, 6.45) is 7.90. The van der Waals surface area contributed by atoms with Gasteiger partial charge in [-0.2, -0.15) is 0 Å². The summed E-state index contributed by atoms with van der Waals surface area (Å²) in [5, 5.41) is 0. The Morgan fingerprint density at radius 3 is 2.68 bits per heavy atom. The molecule has 5 rings (SSSR count). The molecule has 0 spiro atoms. The Labute approximate surface area is 166 Å². The lowest BCUT2D eigenvalue weighted by molar-refractivity contribution is -0.189. The van der Waals surface area contributed by atoms with Crippen LogP contribution in [-0.2, 0) is 23.9 Å². The highest BCUT2D eigenvalue weighted by molar-refractivity contribution is 5.94. The molecular formula is C23H30O5. The summed E-state index contributed by atoms with van der Waals surface area (Å²) >= 11 is 0. The van der Waals surface area contributed by atoms with Crippen molar-refractivity contribution in [3.05, 3.63) is 11.6 Å². The summed E-state index contributed by atoms with van der Waals surface area (Å²) in [5.41, 5.74) is -0.0300. The number of allylic oxidation sites excluding steroid dienone is 1. The van der Waals surface area contributed by atoms with Gasteiger partial charge in [0.05, 0.1) is 0 Å². The standard InChI is InChI=1S/C23H30O5/c1-13(24)28-23-19(26)12-27-20(23)11-18-16-5-4-14-10-15(25)6-8-21(14,2)17(16)7-9-22(18,23)3/h10,16-18,20H,4-9,11-12H2,1-3H3/t16?,17?,18?,20?,21-,22-,23-/m0/s1. The van der Waals surface area contributed by atoms with Gasteiger partial charge >= 0.3 is 5.97 Å². The van der Waals surface area contributed by atoms with Crippen molar-refractivity contribution >= 4 is 17.5 Å². The molecule has 1 heterocycles. The Kier molecular flexibility index (Phi) is 3.82. The fourth-order valence-corrected chi connectivity index (χ4v) is 7.97. The monoisotopic (exact) mass is 386 g/mol. The highest BCUT2D eigenvalue weighted by Crippen LogP contribution is 2.69. The van der Waals surface area contributed by atoms with Crippen molar-refractivity contribution in [3.63, 3.8) is 0 Å². The first-order valence-electron chi connectivity index (χ1n) is 10.8. The first-order valence-corrected chi connectivity index (χ1v) is 10.8. The molecule has 0 aromatic carbocycles. The molecule has 0 aromatic rings. The van der Waals surface area contributed by atoms with Crippen LogP contribution >= 0.6 is 0 Å². The van der Waals surface area contributed by atoms with Gasteiger partial charge in [0.25, 0.3) is 0 Å². The smallest absolute Gasteiger partial charge is 0.303 e. The minimum atomic E-state index is -1.10. The highest BCUT2D eigenvalue weighted by atomic mass is 16.6. The Hall–Kier alpha value is -1.49. The minimum absolute atomic E-state index is 0.0537. The molecule has 4 aliphatic carbocycles. The van der Waals surface area contributed by atoms with Gasteiger partial charge in [0, 0.05) is 18.8 Å². The number of Topliss-reactive ketones (excluding diaryl/α,β-unsaturated/α-hetero) is 1. The maximum Gasteiger partial charge on any atom is 0.303 e. The van der Waals surface area contributed by atoms with E-state index in [1.165, 1.54) is 12.5 Å². The van der Waals surface area contributed by atoms with Crippen LogP contribution in [0, 0.1) is 28.6 Å². The molecule has 1 aliphatic heterocycles. The van der Waals surface area contributed by atoms with E-state index >= 15 is 0 Å². The van der Waals surface area contributed by atoms with Gasteiger partial charge < -0.3 is 9.47 Å². The summed E-state index contributed by atoms with van der Waals surface area (Å²) in [6.45, 7) is 5.98. The molecule has 0 radical (unpaired) electrons. The van der Waals surface area contributed by atoms with Crippen LogP contribution in [0.3, 0.4) is 0 Å². The largest absolute Gasteiger partial charge is 0.448 e. The van der Waals surface area contributed by atoms with Crippen molar-refractivity contribution in [1.82, 2.24) is 0 Å². The number of esters is 1. The molecule has 3 saturated carbocycles. The molecule has 5 heteroatoms. The van der Waals surface area contributed by atoms with E-state index < -0.39 is 5.60 Å². The first kappa shape index (κ1) is 18.5. The van der Waals surface area contributed by atoms with Gasteiger partial charge in [-0.3, -0.25) is 14.4 Å². The van der Waals surface area contributed by atoms with Gasteiger partial charge in [0.15, 0.2) is 5.78 Å². The molecular weight excluding hydrogens is 356 g/mol. The Morgan fingerprint density at radius 1 is 1.14 bits per heavy atom. The molecule has 0 N–H and O–H groups in total. The lowest BCUT2D eigenvalue weighted by Gasteiger charge is -2.58. The van der Waals surface area contributed by atoms with Gasteiger partial charge in [0.1, 0.15) is 12.7 Å². The number of ether oxygens (including phenoxy) is 2. The van der Waals surface area contributed by atoms with Crippen LogP contribution in [0.4, 0.5) is 0 Å². The molecule has 4 unspecified atom stereocenters. The lowest BCUT2D eigenvalue weighted by atomic mass is 9.46. The Balaban J connectivity index is 1.54. The predicted molar refractivity (Wildman–Crippen MR) is 101 cm³/mol. The first-order chi connectivity index (χ1) is 13.2. The van der Waals surface area contributed by atoms with Crippen LogP contribution in [0.15, 0.2) is 11.6 Å². The van der Waals surface area contributed by atoms with Gasteiger partial charge in [0.2, 0.25) is 11.4 Å². The molecule has 0 amide bonds. The molecule has 1 saturated heterocycles. The molecule has 7 atom stereocenters. The number of hydrogen-bond donors (Lipinski definition) is 0. The normalized spacial score (nSPS) is 49.6. The van der Waals surface area contributed by atoms with Crippen molar-refractivity contribution in [3.8, 4) is 0 Å². The van der Waals surface area contributed by atoms with E-state index in [2.05, 4.69) is 13.8 Å². The van der Waals surface area contributed by atoms with Gasteiger partial charge in [-0.15, -0.1) is 0 Å². The van der Waals surface area contributed by atoms with E-state index in [0.29, 0.717) is 24.2 Å². The van der Waals surface area contributed by atoms with Crippen molar-refractivity contribution in [2.45, 2.75) is 77.4 Å². The fraction of sp³-hybridized carbons (Fsp3) is 0.783. The Morgan fingerprint density at radius 2 is 1.93 bits per heavy atom. The van der Waals surface area contributed by atoms with Gasteiger partial charge in [-0.1, -0.05) is 19.4 Å². The van der Waals surface area contributed by atoms with Crippen LogP contribution in [0.5, 0.6) is 0 Å². The quantitative estimate of drug-likeness (QED) is 0.646. The molecule has 5 aliphatic rings. The summed E-state index contributed by atoms with van der Waals surface area (Å²) in [7, 11) is 0. The van der Waals surface area contributed by atoms with Crippen molar-refractivity contribution in [2.75, 3.05) is 6.61 Å². The van der Waals surface area contributed by atoms with E-state index in [9.17, 15) is 14.4 Å². The lowest BCUT2D eigenvalue weighted by Crippen LogP contribution is -2.60. The minimum Gasteiger partial charge on any atom is -0.448 e. The van der Waals surface area contributed by atoms with Crippen LogP contribution in [-0.4, -0.2) is 35.8 Å². The van der Waals surface area contributed by atoms with Crippen molar-refractivity contribution in [1.29, 1.82) is 0 Å². The van der Waals surface area contributed by atoms with Crippen LogP contribution in [0.25, 0.3) is 0 Å². The number of hydrogen-bond acceptors (Lipinski definition) is 5. The van der Waals surface area contributed by atoms with E-state index in [1.54, 1.807) is 0 Å². The zero-order chi connectivity index (χ0) is 19.9. The third kappa shape index (κ3) is 2.09. The number of fused-ring (bicyclic) bond motifs is 7. The maximum absolute atomic E-state index is 13.0. The van der Waals surface area contributed by atoms with Gasteiger partial charge in [-0.05, 0) is 67.8 Å². The Bertz CT molecular complexity index is 799. The summed E-state index contributed by atoms with van der Waals surface area (Å²) in [4.78, 5) is 37.0. The van der Waals surface area contributed by atoms with Crippen molar-refractivity contribution in [2.24, 2.45) is 28.6 Å². The topological polar surface area (TPSA) is 69.7 Å². The maximum atomic E-state index is 13.0. The van der Waals surface area contributed by atoms with Crippen molar-refractivity contribution < 1.29 is 23.9 Å². The summed E-state index contributed by atoms with van der Waals surface area (Å²) < 4.78 is 11.8. The van der Waals surface area contributed by atoms with Crippen LogP contribution in [0.1, 0.15) is 65.7 Å². The summed E-state index contributed by atoms with van der Waals surface area (Å²) in [5.74, 6) is 1.16. The van der Waals surface area contributed by atoms with Gasteiger partial charge in [-0.25, -0.2) is 0 Å². The highest BCUT2D eigenvalue weighted by Gasteiger charge is 2.75. The third-order valence-corrected chi connectivity index (χ3v) is 9.26. The third-order valence-electron chi connectivity index (χ3n) is 9.26. The number of rotatable bonds is 1. The van der Waals surface area contributed by atoms with E-state index in [-0.39, 0.29) is 41.1 Å². The van der Waals surface area contributed by atoms with Crippen LogP contribution in [0.2, 0.25) is 0 Å². The molecule has 28 heavy (non-hydrogen) atoms. The average molecular weight is 386 g/mol. The average Bonchev–Trinajstić information content (AvgIpc) is 3.07. The number of carbonyl (C=O) groups excluding carboxylic acids is 3. The number of ketones is 2. The second-order valence-electron chi connectivity index (χ2n) is 10.2. The molecule has 4 fully saturated rings. The molecule has 152 valence electrons. The SMILES string of the molecule is CC(=O)O[C@@]12C(=O)COC1CC1C3CCC4=CC(=O)CC[C@]4(C)C3CC[C@@]12C. The number of carbonyl (C=O) groups is 3. The summed E-state index contributed by atoms with van der Waals surface area (Å²) in [6, 6.07) is 0. The molecule has 0 aromatic heterocycles. The van der Waals surface area contributed by atoms with E-state index in [1.807, 2.05) is 6.08 Å². The second kappa shape index (κ2) is 5.78. The zero-order valence-electron chi connectivity index (χ0n) is 17.1. The molecule has 0 bridgehead atoms. The van der Waals surface area contributed by atoms with E-state index in [4.69, 9.17) is 9.47 Å². The van der Waals surface area contributed by atoms with Crippen LogP contribution < -0.4 is 0 Å². The molecule has 5 nitrogen and oxygen atoms in total. The second-order valence-corrected chi connectivity index (χ2v) is 10.2.